The summed E-state index contributed by atoms with van der Waals surface area (Å²) in [6, 6.07) is 0. The first-order chi connectivity index (χ1) is 8.59. The van der Waals surface area contributed by atoms with E-state index in [1.54, 1.807) is 0 Å². The third-order valence-corrected chi connectivity index (χ3v) is 5.13. The Kier molecular flexibility index (Phi) is 1.94. The number of hydrogen-bond donors (Lipinski definition) is 2. The summed E-state index contributed by atoms with van der Waals surface area (Å²) in [5.41, 5.74) is 0. The van der Waals surface area contributed by atoms with Crippen LogP contribution in [0.2, 0.25) is 0 Å². The van der Waals surface area contributed by atoms with Gasteiger partial charge in [0.25, 0.3) is 0 Å². The maximum Gasteiger partial charge on any atom is 0.310 e. The quantitative estimate of drug-likeness (QED) is 0.718. The van der Waals surface area contributed by atoms with E-state index in [1.807, 2.05) is 0 Å². The molecule has 4 heterocycles. The highest BCUT2D eigenvalue weighted by Crippen LogP contribution is 2.60. The zero-order valence-corrected chi connectivity index (χ0v) is 9.56. The molecule has 0 saturated carbocycles. The number of carboxylic acid groups (broad SMARTS) is 2. The van der Waals surface area contributed by atoms with Crippen LogP contribution in [-0.4, -0.2) is 46.6 Å². The predicted octanol–water partition coefficient (Wildman–Crippen LogP) is -0.0374. The second kappa shape index (κ2) is 3.24. The average molecular weight is 254 g/mol. The van der Waals surface area contributed by atoms with E-state index < -0.39 is 36.0 Å². The van der Waals surface area contributed by atoms with Crippen molar-refractivity contribution in [2.75, 3.05) is 0 Å². The summed E-state index contributed by atoms with van der Waals surface area (Å²) in [6.07, 6.45) is 1.09. The van der Waals surface area contributed by atoms with E-state index >= 15 is 0 Å². The SMILES string of the molecule is O=C(O)C1C(C(=O)O)[C@@H]2O[C@H]1[C@@H]1[C@H]2[C@H]2CC[C@@H]1O2. The van der Waals surface area contributed by atoms with Gasteiger partial charge in [0.05, 0.1) is 36.3 Å². The van der Waals surface area contributed by atoms with Crippen LogP contribution in [0, 0.1) is 23.7 Å². The van der Waals surface area contributed by atoms with Crippen molar-refractivity contribution in [2.45, 2.75) is 37.3 Å². The average Bonchev–Trinajstić information content (AvgIpc) is 3.04. The first-order valence-electron chi connectivity index (χ1n) is 6.36. The van der Waals surface area contributed by atoms with Crippen molar-refractivity contribution in [2.24, 2.45) is 23.7 Å². The molecule has 4 bridgehead atoms. The molecule has 2 N–H and O–H groups in total. The van der Waals surface area contributed by atoms with Gasteiger partial charge in [-0.05, 0) is 12.8 Å². The Morgan fingerprint density at radius 1 is 0.833 bits per heavy atom. The third kappa shape index (κ3) is 1.06. The molecule has 0 aromatic rings. The summed E-state index contributed by atoms with van der Waals surface area (Å²) >= 11 is 0. The van der Waals surface area contributed by atoms with Crippen molar-refractivity contribution >= 4 is 11.9 Å². The minimum absolute atomic E-state index is 0.0756. The zero-order valence-electron chi connectivity index (χ0n) is 9.56. The van der Waals surface area contributed by atoms with Crippen molar-refractivity contribution in [1.29, 1.82) is 0 Å². The zero-order chi connectivity index (χ0) is 12.6. The Hall–Kier alpha value is -1.14. The van der Waals surface area contributed by atoms with E-state index in [9.17, 15) is 19.8 Å². The van der Waals surface area contributed by atoms with E-state index in [-0.39, 0.29) is 24.0 Å². The highest BCUT2D eigenvalue weighted by Gasteiger charge is 2.71. The number of carboxylic acids is 2. The lowest BCUT2D eigenvalue weighted by Crippen LogP contribution is -2.49. The van der Waals surface area contributed by atoms with E-state index in [0.717, 1.165) is 12.8 Å². The molecular weight excluding hydrogens is 240 g/mol. The van der Waals surface area contributed by atoms with Crippen LogP contribution in [0.5, 0.6) is 0 Å². The minimum atomic E-state index is -1.06. The number of ether oxygens (including phenoxy) is 2. The van der Waals surface area contributed by atoms with Gasteiger partial charge < -0.3 is 19.7 Å². The molecule has 0 radical (unpaired) electrons. The number of fused-ring (bicyclic) bond motifs is 9. The predicted molar refractivity (Wildman–Crippen MR) is 55.8 cm³/mol. The first kappa shape index (κ1) is 10.8. The first-order valence-corrected chi connectivity index (χ1v) is 6.36. The molecular formula is C12H14O6. The summed E-state index contributed by atoms with van der Waals surface area (Å²) in [5.74, 6) is -3.78. The van der Waals surface area contributed by atoms with Crippen LogP contribution in [-0.2, 0) is 19.1 Å². The molecule has 4 aliphatic rings. The fourth-order valence-corrected chi connectivity index (χ4v) is 4.62. The molecule has 6 nitrogen and oxygen atoms in total. The molecule has 2 unspecified atom stereocenters. The van der Waals surface area contributed by atoms with Gasteiger partial charge in [-0.2, -0.15) is 0 Å². The highest BCUT2D eigenvalue weighted by atomic mass is 16.6. The van der Waals surface area contributed by atoms with Gasteiger partial charge in [0.2, 0.25) is 0 Å². The van der Waals surface area contributed by atoms with Gasteiger partial charge in [0.15, 0.2) is 0 Å². The number of rotatable bonds is 2. The third-order valence-electron chi connectivity index (χ3n) is 5.13. The lowest BCUT2D eigenvalue weighted by molar-refractivity contribution is -0.155. The van der Waals surface area contributed by atoms with E-state index in [4.69, 9.17) is 9.47 Å². The summed E-state index contributed by atoms with van der Waals surface area (Å²) in [6.45, 7) is 0. The molecule has 0 aromatic carbocycles. The monoisotopic (exact) mass is 254 g/mol. The van der Waals surface area contributed by atoms with Crippen LogP contribution >= 0.6 is 0 Å². The number of carbonyl (C=O) groups is 2. The van der Waals surface area contributed by atoms with Crippen molar-refractivity contribution < 1.29 is 29.3 Å². The minimum Gasteiger partial charge on any atom is -0.481 e. The smallest absolute Gasteiger partial charge is 0.310 e. The van der Waals surface area contributed by atoms with Crippen LogP contribution in [0.25, 0.3) is 0 Å². The van der Waals surface area contributed by atoms with Crippen LogP contribution in [0.15, 0.2) is 0 Å². The van der Waals surface area contributed by atoms with Crippen LogP contribution in [0.1, 0.15) is 12.8 Å². The molecule has 0 aliphatic carbocycles. The molecule has 0 amide bonds. The Morgan fingerprint density at radius 3 is 1.67 bits per heavy atom. The van der Waals surface area contributed by atoms with Crippen molar-refractivity contribution in [3.05, 3.63) is 0 Å². The molecule has 0 aromatic heterocycles. The second-order valence-corrected chi connectivity index (χ2v) is 5.74. The molecule has 4 fully saturated rings. The van der Waals surface area contributed by atoms with Crippen LogP contribution < -0.4 is 0 Å². The van der Waals surface area contributed by atoms with Crippen molar-refractivity contribution in [3.63, 3.8) is 0 Å². The van der Waals surface area contributed by atoms with E-state index in [2.05, 4.69) is 0 Å². The maximum absolute atomic E-state index is 11.3. The number of aliphatic carboxylic acids is 2. The highest BCUT2D eigenvalue weighted by molar-refractivity contribution is 5.82. The molecule has 4 rings (SSSR count). The molecule has 18 heavy (non-hydrogen) atoms. The van der Waals surface area contributed by atoms with Crippen LogP contribution in [0.4, 0.5) is 0 Å². The Labute approximate surface area is 103 Å². The summed E-state index contributed by atoms with van der Waals surface area (Å²) < 4.78 is 11.5. The lowest BCUT2D eigenvalue weighted by Gasteiger charge is -2.34. The molecule has 4 saturated heterocycles. The Balaban J connectivity index is 1.74. The molecule has 4 aliphatic heterocycles. The topological polar surface area (TPSA) is 93.1 Å². The summed E-state index contributed by atoms with van der Waals surface area (Å²) in [5, 5.41) is 18.5. The van der Waals surface area contributed by atoms with Gasteiger partial charge in [-0.25, -0.2) is 0 Å². The molecule has 6 heteroatoms. The van der Waals surface area contributed by atoms with E-state index in [1.165, 1.54) is 0 Å². The largest absolute Gasteiger partial charge is 0.481 e. The maximum atomic E-state index is 11.3. The van der Waals surface area contributed by atoms with Gasteiger partial charge >= 0.3 is 11.9 Å². The Morgan fingerprint density at radius 2 is 1.28 bits per heavy atom. The Bertz CT molecular complexity index is 396. The van der Waals surface area contributed by atoms with Crippen molar-refractivity contribution in [1.82, 2.24) is 0 Å². The summed E-state index contributed by atoms with van der Waals surface area (Å²) in [4.78, 5) is 22.6. The van der Waals surface area contributed by atoms with Gasteiger partial charge in [-0.3, -0.25) is 9.59 Å². The summed E-state index contributed by atoms with van der Waals surface area (Å²) in [7, 11) is 0. The second-order valence-electron chi connectivity index (χ2n) is 5.74. The van der Waals surface area contributed by atoms with E-state index in [0.29, 0.717) is 0 Å². The molecule has 98 valence electrons. The number of hydrogen-bond acceptors (Lipinski definition) is 4. The normalized spacial score (nSPS) is 55.8. The molecule has 0 spiro atoms. The van der Waals surface area contributed by atoms with Gasteiger partial charge in [-0.15, -0.1) is 0 Å². The van der Waals surface area contributed by atoms with Crippen molar-refractivity contribution in [3.8, 4) is 0 Å². The van der Waals surface area contributed by atoms with Gasteiger partial charge in [-0.1, -0.05) is 0 Å². The molecule has 8 atom stereocenters. The van der Waals surface area contributed by atoms with Crippen LogP contribution in [0.3, 0.4) is 0 Å². The fraction of sp³-hybridized carbons (Fsp3) is 0.833. The van der Waals surface area contributed by atoms with Gasteiger partial charge in [0.1, 0.15) is 0 Å². The van der Waals surface area contributed by atoms with Gasteiger partial charge in [0, 0.05) is 11.8 Å². The standard InChI is InChI=1S/C12H14O6/c13-11(14)7-8(12(15)16)10-6-4-2-1-3(17-4)5(6)9(7)18-10/h3-10H,1-2H2,(H,13,14)(H,15,16)/t3-,4+,5-,6+,7?,8?,9-,10+. The lowest BCUT2D eigenvalue weighted by atomic mass is 9.63. The fourth-order valence-electron chi connectivity index (χ4n) is 4.62.